The van der Waals surface area contributed by atoms with E-state index in [9.17, 15) is 9.90 Å². The lowest BCUT2D eigenvalue weighted by atomic mass is 9.74. The highest BCUT2D eigenvalue weighted by Crippen LogP contribution is 2.46. The van der Waals surface area contributed by atoms with Gasteiger partial charge in [0.05, 0.1) is 5.60 Å². The summed E-state index contributed by atoms with van der Waals surface area (Å²) in [7, 11) is -1.98. The lowest BCUT2D eigenvalue weighted by molar-refractivity contribution is -0.317. The predicted molar refractivity (Wildman–Crippen MR) is 82.9 cm³/mol. The van der Waals surface area contributed by atoms with Crippen LogP contribution in [0.4, 0.5) is 0 Å². The van der Waals surface area contributed by atoms with E-state index in [1.54, 1.807) is 0 Å². The highest BCUT2D eigenvalue weighted by atomic mass is 28.4. The monoisotopic (exact) mass is 299 g/mol. The summed E-state index contributed by atoms with van der Waals surface area (Å²) in [4.78, 5) is 11.6. The number of aliphatic carboxylic acids is 1. The molecular formula is C16H31O3Si-. The Morgan fingerprint density at radius 3 is 2.10 bits per heavy atom. The van der Waals surface area contributed by atoms with E-state index in [-0.39, 0.29) is 5.04 Å². The van der Waals surface area contributed by atoms with Gasteiger partial charge in [0.2, 0.25) is 0 Å². The van der Waals surface area contributed by atoms with Crippen molar-refractivity contribution >= 4 is 14.3 Å². The lowest BCUT2D eigenvalue weighted by Gasteiger charge is -2.51. The first-order valence-corrected chi connectivity index (χ1v) is 10.9. The minimum absolute atomic E-state index is 0.0989. The molecule has 0 N–H and O–H groups in total. The van der Waals surface area contributed by atoms with E-state index in [1.165, 1.54) is 6.42 Å². The van der Waals surface area contributed by atoms with E-state index < -0.39 is 25.8 Å². The van der Waals surface area contributed by atoms with E-state index in [4.69, 9.17) is 4.43 Å². The standard InChI is InChI=1S/C16H32O3Si/c1-7-13(14(17)18)16(11-9-8-10-12-16)19-20(5,6)15(2,3)4/h13H,7-12H2,1-6H3,(H,17,18)/p-1. The molecule has 0 radical (unpaired) electrons. The molecule has 20 heavy (non-hydrogen) atoms. The molecule has 0 heterocycles. The van der Waals surface area contributed by atoms with Gasteiger partial charge in [-0.2, -0.15) is 0 Å². The van der Waals surface area contributed by atoms with Gasteiger partial charge in [0.1, 0.15) is 0 Å². The van der Waals surface area contributed by atoms with E-state index in [1.807, 2.05) is 6.92 Å². The van der Waals surface area contributed by atoms with Crippen LogP contribution in [0.5, 0.6) is 0 Å². The molecule has 1 rings (SSSR count). The van der Waals surface area contributed by atoms with Crippen molar-refractivity contribution in [2.24, 2.45) is 5.92 Å². The van der Waals surface area contributed by atoms with Crippen molar-refractivity contribution in [1.29, 1.82) is 0 Å². The summed E-state index contributed by atoms with van der Waals surface area (Å²) < 4.78 is 6.66. The Labute approximate surface area is 125 Å². The van der Waals surface area contributed by atoms with Crippen molar-refractivity contribution in [3.63, 3.8) is 0 Å². The van der Waals surface area contributed by atoms with Gasteiger partial charge in [0.15, 0.2) is 8.32 Å². The van der Waals surface area contributed by atoms with Gasteiger partial charge >= 0.3 is 0 Å². The van der Waals surface area contributed by atoms with Crippen molar-refractivity contribution in [3.8, 4) is 0 Å². The minimum atomic E-state index is -1.98. The van der Waals surface area contributed by atoms with E-state index >= 15 is 0 Å². The number of carboxylic acid groups (broad SMARTS) is 1. The quantitative estimate of drug-likeness (QED) is 0.730. The Bertz CT molecular complexity index is 338. The Morgan fingerprint density at radius 1 is 1.25 bits per heavy atom. The molecule has 0 aromatic carbocycles. The maximum atomic E-state index is 11.6. The van der Waals surface area contributed by atoms with Crippen molar-refractivity contribution in [2.75, 3.05) is 0 Å². The first kappa shape index (κ1) is 17.7. The number of carboxylic acids is 1. The molecule has 0 aromatic heterocycles. The average Bonchev–Trinajstić information content (AvgIpc) is 2.27. The second-order valence-electron chi connectivity index (χ2n) is 7.77. The van der Waals surface area contributed by atoms with Crippen LogP contribution in [0.1, 0.15) is 66.2 Å². The maximum absolute atomic E-state index is 11.6. The molecule has 0 spiro atoms. The summed E-state index contributed by atoms with van der Waals surface area (Å²) >= 11 is 0. The fourth-order valence-electron chi connectivity index (χ4n) is 3.09. The number of hydrogen-bond donors (Lipinski definition) is 0. The first-order valence-electron chi connectivity index (χ1n) is 7.97. The molecule has 1 saturated carbocycles. The van der Waals surface area contributed by atoms with Crippen molar-refractivity contribution in [3.05, 3.63) is 0 Å². The van der Waals surface area contributed by atoms with Gasteiger partial charge in [-0.3, -0.25) is 0 Å². The zero-order valence-corrected chi connectivity index (χ0v) is 15.0. The van der Waals surface area contributed by atoms with Crippen LogP contribution in [0.25, 0.3) is 0 Å². The third kappa shape index (κ3) is 3.64. The normalized spacial score (nSPS) is 21.5. The molecule has 1 atom stereocenters. The third-order valence-corrected chi connectivity index (χ3v) is 9.82. The summed E-state index contributed by atoms with van der Waals surface area (Å²) in [5.41, 5.74) is -0.491. The molecule has 0 aromatic rings. The fourth-order valence-corrected chi connectivity index (χ4v) is 4.76. The van der Waals surface area contributed by atoms with Gasteiger partial charge in [-0.15, -0.1) is 0 Å². The third-order valence-electron chi connectivity index (χ3n) is 5.29. The second-order valence-corrected chi connectivity index (χ2v) is 12.5. The molecular weight excluding hydrogens is 268 g/mol. The van der Waals surface area contributed by atoms with E-state index in [2.05, 4.69) is 33.9 Å². The zero-order chi connectivity index (χ0) is 15.6. The minimum Gasteiger partial charge on any atom is -0.550 e. The van der Waals surface area contributed by atoms with Crippen molar-refractivity contribution in [1.82, 2.24) is 0 Å². The van der Waals surface area contributed by atoms with Crippen LogP contribution < -0.4 is 5.11 Å². The summed E-state index contributed by atoms with van der Waals surface area (Å²) in [6, 6.07) is 0. The fraction of sp³-hybridized carbons (Fsp3) is 0.938. The number of carbonyl (C=O) groups is 1. The molecule has 1 aliphatic rings. The molecule has 0 bridgehead atoms. The number of rotatable bonds is 5. The molecule has 0 aliphatic heterocycles. The van der Waals surface area contributed by atoms with Gasteiger partial charge in [-0.25, -0.2) is 0 Å². The van der Waals surface area contributed by atoms with Crippen LogP contribution in [0.3, 0.4) is 0 Å². The summed E-state index contributed by atoms with van der Waals surface area (Å²) in [5.74, 6) is -1.41. The predicted octanol–water partition coefficient (Wildman–Crippen LogP) is 3.49. The molecule has 1 fully saturated rings. The highest BCUT2D eigenvalue weighted by molar-refractivity contribution is 6.74. The average molecular weight is 300 g/mol. The molecule has 1 aliphatic carbocycles. The maximum Gasteiger partial charge on any atom is 0.192 e. The van der Waals surface area contributed by atoms with Crippen molar-refractivity contribution in [2.45, 2.75) is 90.0 Å². The van der Waals surface area contributed by atoms with Crippen LogP contribution in [0.15, 0.2) is 0 Å². The van der Waals surface area contributed by atoms with E-state index in [0.29, 0.717) is 6.42 Å². The molecule has 0 saturated heterocycles. The molecule has 0 amide bonds. The van der Waals surface area contributed by atoms with Crippen LogP contribution >= 0.6 is 0 Å². The zero-order valence-electron chi connectivity index (χ0n) is 14.0. The van der Waals surface area contributed by atoms with Crippen molar-refractivity contribution < 1.29 is 14.3 Å². The van der Waals surface area contributed by atoms with Crippen LogP contribution in [0, 0.1) is 5.92 Å². The Kier molecular flexibility index (Phi) is 5.47. The summed E-state index contributed by atoms with van der Waals surface area (Å²) in [6.45, 7) is 13.0. The largest absolute Gasteiger partial charge is 0.550 e. The van der Waals surface area contributed by atoms with Crippen LogP contribution in [-0.2, 0) is 9.22 Å². The van der Waals surface area contributed by atoms with E-state index in [0.717, 1.165) is 25.7 Å². The molecule has 118 valence electrons. The second kappa shape index (κ2) is 6.18. The molecule has 4 heteroatoms. The topological polar surface area (TPSA) is 49.4 Å². The van der Waals surface area contributed by atoms with Gasteiger partial charge < -0.3 is 14.3 Å². The number of carbonyl (C=O) groups excluding carboxylic acids is 1. The number of hydrogen-bond acceptors (Lipinski definition) is 3. The van der Waals surface area contributed by atoms with Gasteiger partial charge in [-0.05, 0) is 37.4 Å². The molecule has 3 nitrogen and oxygen atoms in total. The Hall–Kier alpha value is -0.353. The SMILES string of the molecule is CCC(C(=O)[O-])C1(O[Si](C)(C)C(C)(C)C)CCCCC1. The lowest BCUT2D eigenvalue weighted by Crippen LogP contribution is -2.57. The molecule has 1 unspecified atom stereocenters. The summed E-state index contributed by atoms with van der Waals surface area (Å²) in [6.07, 6.45) is 5.65. The van der Waals surface area contributed by atoms with Gasteiger partial charge in [-0.1, -0.05) is 47.0 Å². The Morgan fingerprint density at radius 2 is 1.75 bits per heavy atom. The van der Waals surface area contributed by atoms with Crippen LogP contribution in [0.2, 0.25) is 18.1 Å². The first-order chi connectivity index (χ1) is 9.06. The van der Waals surface area contributed by atoms with Gasteiger partial charge in [0.25, 0.3) is 0 Å². The van der Waals surface area contributed by atoms with Gasteiger partial charge in [0, 0.05) is 11.9 Å². The Balaban J connectivity index is 3.09. The van der Waals surface area contributed by atoms with Crippen LogP contribution in [-0.4, -0.2) is 19.9 Å². The summed E-state index contributed by atoms with van der Waals surface area (Å²) in [5, 5.41) is 11.7. The smallest absolute Gasteiger partial charge is 0.192 e. The highest BCUT2D eigenvalue weighted by Gasteiger charge is 2.48.